The van der Waals surface area contributed by atoms with Gasteiger partial charge >= 0.3 is 0 Å². The van der Waals surface area contributed by atoms with Crippen molar-refractivity contribution in [3.63, 3.8) is 0 Å². The van der Waals surface area contributed by atoms with Gasteiger partial charge in [0, 0.05) is 12.6 Å². The van der Waals surface area contributed by atoms with Crippen molar-refractivity contribution in [1.82, 2.24) is 9.62 Å². The summed E-state index contributed by atoms with van der Waals surface area (Å²) in [4.78, 5) is 0.345. The highest BCUT2D eigenvalue weighted by Crippen LogP contribution is 2.36. The predicted octanol–water partition coefficient (Wildman–Crippen LogP) is 0.924. The van der Waals surface area contributed by atoms with E-state index in [2.05, 4.69) is 5.32 Å². The van der Waals surface area contributed by atoms with Gasteiger partial charge in [-0.25, -0.2) is 8.42 Å². The minimum Gasteiger partial charge on any atom is -0.497 e. The third kappa shape index (κ3) is 2.12. The fourth-order valence-corrected chi connectivity index (χ4v) is 5.06. The van der Waals surface area contributed by atoms with E-state index in [9.17, 15) is 8.42 Å². The summed E-state index contributed by atoms with van der Waals surface area (Å²) in [5.74, 6) is 1.54. The fraction of sp³-hybridized carbons (Fsp3) is 0.571. The normalized spacial score (nSPS) is 30.4. The lowest BCUT2D eigenvalue weighted by Gasteiger charge is -2.23. The van der Waals surface area contributed by atoms with Crippen molar-refractivity contribution in [1.29, 1.82) is 0 Å². The second-order valence-corrected chi connectivity index (χ2v) is 7.46. The van der Waals surface area contributed by atoms with Crippen LogP contribution in [0.4, 0.5) is 0 Å². The smallest absolute Gasteiger partial charge is 0.243 e. The zero-order valence-electron chi connectivity index (χ0n) is 11.7. The van der Waals surface area contributed by atoms with Crippen LogP contribution < -0.4 is 10.1 Å². The molecular formula is C14H20N2O3S. The lowest BCUT2D eigenvalue weighted by atomic mass is 9.95. The first-order valence-corrected chi connectivity index (χ1v) is 8.34. The quantitative estimate of drug-likeness (QED) is 0.901. The summed E-state index contributed by atoms with van der Waals surface area (Å²) >= 11 is 0. The summed E-state index contributed by atoms with van der Waals surface area (Å²) in [5, 5.41) is 3.34. The van der Waals surface area contributed by atoms with Crippen LogP contribution in [0.3, 0.4) is 0 Å². The molecule has 2 heterocycles. The molecule has 0 amide bonds. The predicted molar refractivity (Wildman–Crippen MR) is 76.2 cm³/mol. The van der Waals surface area contributed by atoms with Crippen molar-refractivity contribution in [3.05, 3.63) is 24.3 Å². The molecule has 6 heteroatoms. The molecule has 2 fully saturated rings. The lowest BCUT2D eigenvalue weighted by Crippen LogP contribution is -2.38. The molecule has 0 aliphatic carbocycles. The molecule has 0 saturated carbocycles. The van der Waals surface area contributed by atoms with Gasteiger partial charge in [0.1, 0.15) is 5.75 Å². The van der Waals surface area contributed by atoms with Crippen molar-refractivity contribution in [2.24, 2.45) is 11.8 Å². The topological polar surface area (TPSA) is 58.6 Å². The third-order valence-electron chi connectivity index (χ3n) is 4.55. The van der Waals surface area contributed by atoms with E-state index in [0.29, 0.717) is 29.0 Å². The molecule has 110 valence electrons. The van der Waals surface area contributed by atoms with E-state index in [4.69, 9.17) is 4.74 Å². The van der Waals surface area contributed by atoms with Crippen molar-refractivity contribution < 1.29 is 13.2 Å². The third-order valence-corrected chi connectivity index (χ3v) is 6.51. The van der Waals surface area contributed by atoms with Gasteiger partial charge in [-0.3, -0.25) is 0 Å². The Hall–Kier alpha value is -1.11. The SMILES string of the molecule is COc1ccc(S(=O)(=O)N2CC3CNCC3C2C)cc1. The van der Waals surface area contributed by atoms with Crippen LogP contribution in [0.25, 0.3) is 0 Å². The van der Waals surface area contributed by atoms with Crippen LogP contribution in [-0.2, 0) is 10.0 Å². The summed E-state index contributed by atoms with van der Waals surface area (Å²) < 4.78 is 32.2. The number of rotatable bonds is 3. The Morgan fingerprint density at radius 1 is 1.25 bits per heavy atom. The van der Waals surface area contributed by atoms with E-state index in [0.717, 1.165) is 13.1 Å². The van der Waals surface area contributed by atoms with E-state index < -0.39 is 10.0 Å². The number of ether oxygens (including phenoxy) is 1. The Morgan fingerprint density at radius 3 is 2.55 bits per heavy atom. The number of nitrogens with zero attached hydrogens (tertiary/aromatic N) is 1. The second-order valence-electron chi connectivity index (χ2n) is 5.57. The average molecular weight is 296 g/mol. The van der Waals surface area contributed by atoms with Gasteiger partial charge in [-0.05, 0) is 56.1 Å². The molecule has 1 N–H and O–H groups in total. The maximum Gasteiger partial charge on any atom is 0.243 e. The molecule has 0 radical (unpaired) electrons. The summed E-state index contributed by atoms with van der Waals surface area (Å²) in [7, 11) is -1.84. The van der Waals surface area contributed by atoms with Crippen LogP contribution in [-0.4, -0.2) is 45.5 Å². The molecule has 2 aliphatic heterocycles. The van der Waals surface area contributed by atoms with Crippen molar-refractivity contribution >= 4 is 10.0 Å². The van der Waals surface area contributed by atoms with E-state index in [1.807, 2.05) is 6.92 Å². The molecule has 20 heavy (non-hydrogen) atoms. The molecule has 3 unspecified atom stereocenters. The van der Waals surface area contributed by atoms with Crippen LogP contribution in [0.5, 0.6) is 5.75 Å². The van der Waals surface area contributed by atoms with E-state index >= 15 is 0 Å². The van der Waals surface area contributed by atoms with Crippen molar-refractivity contribution in [3.8, 4) is 5.75 Å². The maximum atomic E-state index is 12.7. The molecule has 2 aliphatic rings. The summed E-state index contributed by atoms with van der Waals surface area (Å²) in [6.07, 6.45) is 0. The van der Waals surface area contributed by atoms with Gasteiger partial charge < -0.3 is 10.1 Å². The molecule has 5 nitrogen and oxygen atoms in total. The Labute approximate surface area is 120 Å². The Kier molecular flexibility index (Phi) is 3.48. The molecular weight excluding hydrogens is 276 g/mol. The van der Waals surface area contributed by atoms with Crippen LogP contribution in [0.15, 0.2) is 29.2 Å². The van der Waals surface area contributed by atoms with E-state index in [1.54, 1.807) is 35.7 Å². The van der Waals surface area contributed by atoms with E-state index in [1.165, 1.54) is 0 Å². The van der Waals surface area contributed by atoms with Crippen LogP contribution in [0.2, 0.25) is 0 Å². The number of hydrogen-bond donors (Lipinski definition) is 1. The molecule has 0 spiro atoms. The zero-order valence-corrected chi connectivity index (χ0v) is 12.6. The fourth-order valence-electron chi connectivity index (χ4n) is 3.33. The Bertz CT molecular complexity index is 585. The monoisotopic (exact) mass is 296 g/mol. The van der Waals surface area contributed by atoms with Gasteiger partial charge in [0.05, 0.1) is 12.0 Å². The van der Waals surface area contributed by atoms with Crippen LogP contribution >= 0.6 is 0 Å². The molecule has 1 aromatic carbocycles. The number of hydrogen-bond acceptors (Lipinski definition) is 4. The van der Waals surface area contributed by atoms with Gasteiger partial charge in [0.25, 0.3) is 0 Å². The molecule has 0 aromatic heterocycles. The Balaban J connectivity index is 1.88. The van der Waals surface area contributed by atoms with Gasteiger partial charge in [-0.1, -0.05) is 0 Å². The molecule has 3 atom stereocenters. The summed E-state index contributed by atoms with van der Waals surface area (Å²) in [6, 6.07) is 6.68. The molecule has 2 saturated heterocycles. The van der Waals surface area contributed by atoms with Gasteiger partial charge in [-0.15, -0.1) is 0 Å². The minimum atomic E-state index is -3.40. The Morgan fingerprint density at radius 2 is 1.95 bits per heavy atom. The number of methoxy groups -OCH3 is 1. The van der Waals surface area contributed by atoms with Crippen molar-refractivity contribution in [2.75, 3.05) is 26.7 Å². The first-order valence-electron chi connectivity index (χ1n) is 6.90. The molecule has 1 aromatic rings. The number of fused-ring (bicyclic) bond motifs is 1. The minimum absolute atomic E-state index is 0.0575. The zero-order chi connectivity index (χ0) is 14.3. The van der Waals surface area contributed by atoms with E-state index in [-0.39, 0.29) is 6.04 Å². The first kappa shape index (κ1) is 13.9. The first-order chi connectivity index (χ1) is 9.54. The highest BCUT2D eigenvalue weighted by atomic mass is 32.2. The van der Waals surface area contributed by atoms with Crippen molar-refractivity contribution in [2.45, 2.75) is 17.9 Å². The van der Waals surface area contributed by atoms with Gasteiger partial charge in [0.15, 0.2) is 0 Å². The van der Waals surface area contributed by atoms with Gasteiger partial charge in [-0.2, -0.15) is 4.31 Å². The molecule has 3 rings (SSSR count). The average Bonchev–Trinajstić information content (AvgIpc) is 3.02. The van der Waals surface area contributed by atoms with Crippen LogP contribution in [0.1, 0.15) is 6.92 Å². The van der Waals surface area contributed by atoms with Gasteiger partial charge in [0.2, 0.25) is 10.0 Å². The maximum absolute atomic E-state index is 12.7. The number of sulfonamides is 1. The summed E-state index contributed by atoms with van der Waals surface area (Å²) in [5.41, 5.74) is 0. The standard InChI is InChI=1S/C14H20N2O3S/c1-10-14-8-15-7-11(14)9-16(10)20(17,18)13-5-3-12(19-2)4-6-13/h3-6,10-11,14-15H,7-9H2,1-2H3. The largest absolute Gasteiger partial charge is 0.497 e. The number of benzene rings is 1. The molecule has 0 bridgehead atoms. The lowest BCUT2D eigenvalue weighted by molar-refractivity contribution is 0.360. The summed E-state index contributed by atoms with van der Waals surface area (Å²) in [6.45, 7) is 4.47. The highest BCUT2D eigenvalue weighted by Gasteiger charge is 2.46. The highest BCUT2D eigenvalue weighted by molar-refractivity contribution is 7.89. The number of nitrogens with one attached hydrogen (secondary N) is 1. The van der Waals surface area contributed by atoms with Crippen LogP contribution in [0, 0.1) is 11.8 Å². The second kappa shape index (κ2) is 5.02.